The molecule has 98 valence electrons. The highest BCUT2D eigenvalue weighted by Gasteiger charge is 2.20. The lowest BCUT2D eigenvalue weighted by molar-refractivity contribution is 0.0976. The summed E-state index contributed by atoms with van der Waals surface area (Å²) in [4.78, 5) is 12.3. The van der Waals surface area contributed by atoms with Crippen LogP contribution in [0.4, 0.5) is 0 Å². The predicted octanol–water partition coefficient (Wildman–Crippen LogP) is 3.90. The summed E-state index contributed by atoms with van der Waals surface area (Å²) in [6.45, 7) is 6.05. The van der Waals surface area contributed by atoms with Crippen LogP contribution in [0.2, 0.25) is 0 Å². The van der Waals surface area contributed by atoms with E-state index in [4.69, 9.17) is 0 Å². The molecule has 1 atom stereocenters. The fourth-order valence-electron chi connectivity index (χ4n) is 1.72. The summed E-state index contributed by atoms with van der Waals surface area (Å²) < 4.78 is 1.69. The van der Waals surface area contributed by atoms with Crippen LogP contribution < -0.4 is 0 Å². The zero-order valence-electron chi connectivity index (χ0n) is 11.0. The van der Waals surface area contributed by atoms with Gasteiger partial charge in [0.05, 0.1) is 6.10 Å². The van der Waals surface area contributed by atoms with Crippen molar-refractivity contribution in [3.05, 3.63) is 45.0 Å². The largest absolute Gasteiger partial charge is 0.388 e. The van der Waals surface area contributed by atoms with Crippen LogP contribution in [0.5, 0.6) is 0 Å². The van der Waals surface area contributed by atoms with Crippen molar-refractivity contribution >= 4 is 28.4 Å². The van der Waals surface area contributed by atoms with Crippen molar-refractivity contribution in [2.45, 2.75) is 33.3 Å². The smallest absolute Gasteiger partial charge is 0.192 e. The fourth-order valence-corrected chi connectivity index (χ4v) is 2.42. The van der Waals surface area contributed by atoms with Gasteiger partial charge in [0.1, 0.15) is 0 Å². The first-order valence-electron chi connectivity index (χ1n) is 6.05. The number of carbonyl (C=O) groups is 1. The molecule has 18 heavy (non-hydrogen) atoms. The number of aryl methyl sites for hydroxylation is 1. The summed E-state index contributed by atoms with van der Waals surface area (Å²) in [6, 6.07) is 7.43. The molecule has 1 rings (SSSR count). The average Bonchev–Trinajstić information content (AvgIpc) is 2.29. The number of Topliss-reactive ketones (excluding diaryl/α,β-unsaturated/α-hetero) is 1. The van der Waals surface area contributed by atoms with Crippen molar-refractivity contribution in [2.24, 2.45) is 5.92 Å². The number of ketones is 1. The Morgan fingerprint density at radius 3 is 2.33 bits per heavy atom. The topological polar surface area (TPSA) is 37.3 Å². The van der Waals surface area contributed by atoms with Gasteiger partial charge in [-0.25, -0.2) is 0 Å². The second kappa shape index (κ2) is 7.04. The van der Waals surface area contributed by atoms with Crippen molar-refractivity contribution in [2.75, 3.05) is 0 Å². The molecule has 2 nitrogen and oxygen atoms in total. The van der Waals surface area contributed by atoms with E-state index < -0.39 is 6.10 Å². The molecule has 0 saturated heterocycles. The summed E-state index contributed by atoms with van der Waals surface area (Å²) in [6.07, 6.45) is -0.0809. The Kier molecular flexibility index (Phi) is 6.02. The zero-order chi connectivity index (χ0) is 13.7. The van der Waals surface area contributed by atoms with Gasteiger partial charge in [-0.05, 0) is 23.3 Å². The molecule has 0 radical (unpaired) electrons. The summed E-state index contributed by atoms with van der Waals surface area (Å²) in [5.41, 5.74) is 2.23. The van der Waals surface area contributed by atoms with E-state index in [1.54, 1.807) is 16.2 Å². The lowest BCUT2D eigenvalue weighted by Crippen LogP contribution is -2.19. The maximum absolute atomic E-state index is 12.3. The molecule has 1 N–H and O–H groups in total. The Balaban J connectivity index is 2.89. The van der Waals surface area contributed by atoms with Gasteiger partial charge < -0.3 is 5.11 Å². The molecular formula is C15H19IO2. The van der Waals surface area contributed by atoms with Crippen molar-refractivity contribution < 1.29 is 9.90 Å². The minimum atomic E-state index is -0.685. The van der Waals surface area contributed by atoms with Gasteiger partial charge in [0.2, 0.25) is 0 Å². The molecule has 0 unspecified atom stereocenters. The number of aliphatic hydroxyl groups is 1. The number of hydrogen-bond donors (Lipinski definition) is 1. The van der Waals surface area contributed by atoms with Crippen LogP contribution in [-0.4, -0.2) is 17.0 Å². The molecule has 1 aromatic carbocycles. The van der Waals surface area contributed by atoms with Crippen LogP contribution >= 0.6 is 22.6 Å². The SMILES string of the molecule is Cc1ccc(C(=O)/C(=C/I)[C@@H](O)CC(C)C)cc1. The predicted molar refractivity (Wildman–Crippen MR) is 83.1 cm³/mol. The van der Waals surface area contributed by atoms with Crippen molar-refractivity contribution in [1.82, 2.24) is 0 Å². The molecule has 0 bridgehead atoms. The third kappa shape index (κ3) is 4.21. The van der Waals surface area contributed by atoms with E-state index in [2.05, 4.69) is 0 Å². The number of rotatable bonds is 5. The third-order valence-corrected chi connectivity index (χ3v) is 3.42. The van der Waals surface area contributed by atoms with Crippen LogP contribution in [0.25, 0.3) is 0 Å². The van der Waals surface area contributed by atoms with Gasteiger partial charge in [-0.3, -0.25) is 4.79 Å². The van der Waals surface area contributed by atoms with Gasteiger partial charge in [0, 0.05) is 11.1 Å². The van der Waals surface area contributed by atoms with Gasteiger partial charge in [-0.2, -0.15) is 0 Å². The van der Waals surface area contributed by atoms with E-state index in [1.165, 1.54) is 0 Å². The zero-order valence-corrected chi connectivity index (χ0v) is 13.1. The lowest BCUT2D eigenvalue weighted by atomic mass is 9.94. The van der Waals surface area contributed by atoms with Crippen molar-refractivity contribution in [3.8, 4) is 0 Å². The summed E-state index contributed by atoms with van der Waals surface area (Å²) in [7, 11) is 0. The van der Waals surface area contributed by atoms with E-state index >= 15 is 0 Å². The first-order valence-corrected chi connectivity index (χ1v) is 7.30. The van der Waals surface area contributed by atoms with E-state index in [0.717, 1.165) is 5.56 Å². The molecule has 0 aliphatic rings. The van der Waals surface area contributed by atoms with E-state index in [9.17, 15) is 9.90 Å². The van der Waals surface area contributed by atoms with Crippen LogP contribution in [-0.2, 0) is 0 Å². The highest BCUT2D eigenvalue weighted by atomic mass is 127. The fraction of sp³-hybridized carbons (Fsp3) is 0.400. The quantitative estimate of drug-likeness (QED) is 0.492. The molecule has 0 heterocycles. The van der Waals surface area contributed by atoms with Crippen molar-refractivity contribution in [1.29, 1.82) is 0 Å². The van der Waals surface area contributed by atoms with Crippen LogP contribution in [0, 0.1) is 12.8 Å². The Hall–Kier alpha value is -0.680. The molecule has 0 aliphatic heterocycles. The number of hydrogen-bond acceptors (Lipinski definition) is 2. The van der Waals surface area contributed by atoms with Crippen LogP contribution in [0.15, 0.2) is 33.9 Å². The molecule has 0 aromatic heterocycles. The Morgan fingerprint density at radius 2 is 1.89 bits per heavy atom. The monoisotopic (exact) mass is 358 g/mol. The standard InChI is InChI=1S/C15H19IO2/c1-10(2)8-14(17)13(9-16)15(18)12-6-4-11(3)5-7-12/h4-7,9-10,14,17H,8H2,1-3H3/b13-9+/t14-/m0/s1. The second-order valence-electron chi connectivity index (χ2n) is 4.90. The second-order valence-corrected chi connectivity index (χ2v) is 5.53. The highest BCUT2D eigenvalue weighted by Crippen LogP contribution is 2.19. The number of aliphatic hydroxyl groups excluding tert-OH is 1. The summed E-state index contributed by atoms with van der Waals surface area (Å²) >= 11 is 2.02. The van der Waals surface area contributed by atoms with Gasteiger partial charge in [0.15, 0.2) is 5.78 Å². The van der Waals surface area contributed by atoms with Gasteiger partial charge in [-0.15, -0.1) is 0 Å². The van der Waals surface area contributed by atoms with E-state index in [1.807, 2.05) is 55.5 Å². The summed E-state index contributed by atoms with van der Waals surface area (Å²) in [5.74, 6) is 0.273. The van der Waals surface area contributed by atoms with E-state index in [0.29, 0.717) is 23.5 Å². The molecule has 0 aliphatic carbocycles. The lowest BCUT2D eigenvalue weighted by Gasteiger charge is -2.15. The van der Waals surface area contributed by atoms with Crippen LogP contribution in [0.1, 0.15) is 36.2 Å². The number of benzene rings is 1. The first-order chi connectivity index (χ1) is 8.45. The summed E-state index contributed by atoms with van der Waals surface area (Å²) in [5, 5.41) is 10.1. The molecule has 0 fully saturated rings. The third-order valence-electron chi connectivity index (χ3n) is 2.75. The molecule has 1 aromatic rings. The maximum atomic E-state index is 12.3. The van der Waals surface area contributed by atoms with Crippen LogP contribution in [0.3, 0.4) is 0 Å². The maximum Gasteiger partial charge on any atom is 0.192 e. The number of halogens is 1. The minimum Gasteiger partial charge on any atom is -0.388 e. The van der Waals surface area contributed by atoms with Gasteiger partial charge in [-0.1, -0.05) is 66.3 Å². The molecule has 3 heteroatoms. The Bertz CT molecular complexity index is 432. The molecule has 0 spiro atoms. The van der Waals surface area contributed by atoms with Crippen molar-refractivity contribution in [3.63, 3.8) is 0 Å². The molecule has 0 amide bonds. The Labute approximate surface area is 122 Å². The average molecular weight is 358 g/mol. The Morgan fingerprint density at radius 1 is 1.33 bits per heavy atom. The highest BCUT2D eigenvalue weighted by molar-refractivity contribution is 14.1. The normalized spacial score (nSPS) is 13.8. The molecule has 0 saturated carbocycles. The van der Waals surface area contributed by atoms with E-state index in [-0.39, 0.29) is 5.78 Å². The number of carbonyl (C=O) groups excluding carboxylic acids is 1. The molecular weight excluding hydrogens is 339 g/mol. The minimum absolute atomic E-state index is 0.0856. The van der Waals surface area contributed by atoms with Gasteiger partial charge in [0.25, 0.3) is 0 Å². The first kappa shape index (κ1) is 15.4. The van der Waals surface area contributed by atoms with Gasteiger partial charge >= 0.3 is 0 Å².